The first kappa shape index (κ1) is 22.6. The van der Waals surface area contributed by atoms with E-state index in [4.69, 9.17) is 9.97 Å². The van der Waals surface area contributed by atoms with E-state index in [1.807, 2.05) is 103 Å². The highest BCUT2D eigenvalue weighted by atomic mass is 79.9. The van der Waals surface area contributed by atoms with E-state index in [0.29, 0.717) is 0 Å². The highest BCUT2D eigenvalue weighted by Crippen LogP contribution is 2.56. The topological polar surface area (TPSA) is 42.9 Å². The molecule has 0 fully saturated rings. The summed E-state index contributed by atoms with van der Waals surface area (Å²) in [5.41, 5.74) is 2.64. The highest BCUT2D eigenvalue weighted by Gasteiger charge is 2.52. The van der Waals surface area contributed by atoms with E-state index in [9.17, 15) is 0 Å². The average molecular weight is 602 g/mol. The van der Waals surface area contributed by atoms with Crippen LogP contribution in [-0.2, 0) is 9.98 Å². The Labute approximate surface area is 220 Å². The molecule has 3 heterocycles. The summed E-state index contributed by atoms with van der Waals surface area (Å²) in [6.45, 7) is 0. The van der Waals surface area contributed by atoms with Crippen molar-refractivity contribution < 1.29 is 4.57 Å². The Morgan fingerprint density at radius 3 is 1.49 bits per heavy atom. The van der Waals surface area contributed by atoms with E-state index in [-0.39, 0.29) is 0 Å². The predicted molar refractivity (Wildman–Crippen MR) is 149 cm³/mol. The van der Waals surface area contributed by atoms with Gasteiger partial charge in [0.25, 0.3) is 0 Å². The Kier molecular flexibility index (Phi) is 5.60. The summed E-state index contributed by atoms with van der Waals surface area (Å²) in [5, 5.41) is 2.44. The van der Waals surface area contributed by atoms with Gasteiger partial charge in [-0.05, 0) is 67.3 Å². The summed E-state index contributed by atoms with van der Waals surface area (Å²) in [6, 6.07) is 37.8. The van der Waals surface area contributed by atoms with Crippen LogP contribution in [0.15, 0.2) is 124 Å². The van der Waals surface area contributed by atoms with Crippen molar-refractivity contribution in [3.05, 3.63) is 147 Å². The molecule has 6 rings (SSSR count). The molecule has 0 aliphatic carbocycles. The predicted octanol–water partition coefficient (Wildman–Crippen LogP) is 6.34. The lowest BCUT2D eigenvalue weighted by atomic mass is 9.68. The third-order valence-electron chi connectivity index (χ3n) is 6.61. The van der Waals surface area contributed by atoms with Crippen LogP contribution >= 0.6 is 39.0 Å². The number of pyridine rings is 2. The van der Waals surface area contributed by atoms with Gasteiger partial charge in [0.05, 0.1) is 11.4 Å². The standard InChI is InChI=1S/C29H19Br2N2OP/c30-27-18-8-16-25(32-27)29(26-17-9-19-28(31)33-26)21-12-4-6-14-23(21)35(34,20-10-2-1-3-11-20)24-15-7-5-13-22(24)29/h1-19H. The summed E-state index contributed by atoms with van der Waals surface area (Å²) >= 11 is 7.17. The fourth-order valence-electron chi connectivity index (χ4n) is 5.24. The number of halogens is 2. The van der Waals surface area contributed by atoms with Crippen molar-refractivity contribution in [2.75, 3.05) is 0 Å². The molecule has 0 amide bonds. The van der Waals surface area contributed by atoms with Gasteiger partial charge < -0.3 is 4.57 Å². The van der Waals surface area contributed by atoms with Gasteiger partial charge in [-0.2, -0.15) is 0 Å². The van der Waals surface area contributed by atoms with E-state index in [0.717, 1.165) is 47.6 Å². The second kappa shape index (κ2) is 8.67. The Bertz CT molecular complexity index is 1520. The van der Waals surface area contributed by atoms with Gasteiger partial charge in [-0.1, -0.05) is 91.0 Å². The van der Waals surface area contributed by atoms with Crippen LogP contribution < -0.4 is 15.9 Å². The smallest absolute Gasteiger partial charge is 0.171 e. The van der Waals surface area contributed by atoms with Crippen molar-refractivity contribution in [2.45, 2.75) is 5.41 Å². The molecule has 0 saturated heterocycles. The van der Waals surface area contributed by atoms with Gasteiger partial charge in [0.2, 0.25) is 0 Å². The highest BCUT2D eigenvalue weighted by molar-refractivity contribution is 9.10. The Hall–Kier alpha value is -2.85. The van der Waals surface area contributed by atoms with Gasteiger partial charge in [-0.15, -0.1) is 0 Å². The molecule has 3 nitrogen and oxygen atoms in total. The van der Waals surface area contributed by atoms with Crippen molar-refractivity contribution in [1.82, 2.24) is 9.97 Å². The SMILES string of the molecule is O=P1(c2ccccc2)c2ccccc2C(c2cccc(Br)n2)(c2cccc(Br)n2)c2ccccc21. The molecular weight excluding hydrogens is 583 g/mol. The van der Waals surface area contributed by atoms with E-state index in [1.165, 1.54) is 0 Å². The minimum absolute atomic E-state index is 0.733. The number of aromatic nitrogens is 2. The molecule has 0 saturated carbocycles. The third kappa shape index (κ3) is 3.33. The molecule has 0 bridgehead atoms. The zero-order chi connectivity index (χ0) is 24.0. The normalized spacial score (nSPS) is 15.1. The number of fused-ring (bicyclic) bond motifs is 2. The van der Waals surface area contributed by atoms with Crippen molar-refractivity contribution in [3.8, 4) is 0 Å². The maximum atomic E-state index is 15.3. The summed E-state index contributed by atoms with van der Waals surface area (Å²) < 4.78 is 16.8. The lowest BCUT2D eigenvalue weighted by Gasteiger charge is -2.43. The first-order chi connectivity index (χ1) is 17.1. The van der Waals surface area contributed by atoms with E-state index < -0.39 is 12.6 Å². The van der Waals surface area contributed by atoms with Crippen LogP contribution in [0, 0.1) is 0 Å². The number of nitrogens with zero attached hydrogens (tertiary/aromatic N) is 2. The van der Waals surface area contributed by atoms with Gasteiger partial charge in [0.15, 0.2) is 7.14 Å². The van der Waals surface area contributed by atoms with Gasteiger partial charge in [-0.3, -0.25) is 0 Å². The van der Waals surface area contributed by atoms with E-state index in [1.54, 1.807) is 0 Å². The van der Waals surface area contributed by atoms with Gasteiger partial charge >= 0.3 is 0 Å². The van der Waals surface area contributed by atoms with Gasteiger partial charge in [-0.25, -0.2) is 9.97 Å². The fraction of sp³-hybridized carbons (Fsp3) is 0.0345. The van der Waals surface area contributed by atoms with Gasteiger partial charge in [0, 0.05) is 15.9 Å². The molecule has 2 aromatic heterocycles. The quantitative estimate of drug-likeness (QED) is 0.176. The van der Waals surface area contributed by atoms with E-state index >= 15 is 4.57 Å². The van der Waals surface area contributed by atoms with Crippen LogP contribution in [-0.4, -0.2) is 9.97 Å². The molecule has 0 N–H and O–H groups in total. The minimum Gasteiger partial charge on any atom is -0.309 e. The van der Waals surface area contributed by atoms with Gasteiger partial charge in [0.1, 0.15) is 14.6 Å². The molecular formula is C29H19Br2N2OP. The fourth-order valence-corrected chi connectivity index (χ4v) is 9.09. The molecule has 1 aliphatic heterocycles. The zero-order valence-corrected chi connectivity index (χ0v) is 22.5. The number of benzene rings is 3. The molecule has 0 spiro atoms. The monoisotopic (exact) mass is 600 g/mol. The van der Waals surface area contributed by atoms with Crippen molar-refractivity contribution in [3.63, 3.8) is 0 Å². The Morgan fingerprint density at radius 1 is 0.543 bits per heavy atom. The van der Waals surface area contributed by atoms with Crippen LogP contribution in [0.1, 0.15) is 22.5 Å². The largest absolute Gasteiger partial charge is 0.309 e. The molecule has 6 heteroatoms. The summed E-state index contributed by atoms with van der Waals surface area (Å²) in [7, 11) is -3.17. The van der Waals surface area contributed by atoms with Crippen molar-refractivity contribution >= 4 is 54.9 Å². The first-order valence-electron chi connectivity index (χ1n) is 11.2. The second-order valence-corrected chi connectivity index (χ2v) is 12.7. The first-order valence-corrected chi connectivity index (χ1v) is 14.5. The van der Waals surface area contributed by atoms with Crippen LogP contribution in [0.2, 0.25) is 0 Å². The number of hydrogen-bond donors (Lipinski definition) is 0. The Balaban J connectivity index is 1.84. The van der Waals surface area contributed by atoms with Crippen molar-refractivity contribution in [1.29, 1.82) is 0 Å². The molecule has 170 valence electrons. The van der Waals surface area contributed by atoms with Crippen molar-refractivity contribution in [2.24, 2.45) is 0 Å². The number of hydrogen-bond acceptors (Lipinski definition) is 3. The molecule has 5 aromatic rings. The zero-order valence-electron chi connectivity index (χ0n) is 18.5. The Morgan fingerprint density at radius 2 is 1.00 bits per heavy atom. The lowest BCUT2D eigenvalue weighted by molar-refractivity contribution is 0.589. The lowest BCUT2D eigenvalue weighted by Crippen LogP contribution is -2.47. The molecule has 35 heavy (non-hydrogen) atoms. The average Bonchev–Trinajstić information content (AvgIpc) is 2.90. The maximum absolute atomic E-state index is 15.3. The minimum atomic E-state index is -3.17. The van der Waals surface area contributed by atoms with Crippen LogP contribution in [0.3, 0.4) is 0 Å². The summed E-state index contributed by atoms with van der Waals surface area (Å²) in [4.78, 5) is 9.93. The molecule has 3 aromatic carbocycles. The summed E-state index contributed by atoms with van der Waals surface area (Å²) in [5.74, 6) is 0. The van der Waals surface area contributed by atoms with Crippen LogP contribution in [0.25, 0.3) is 0 Å². The molecule has 0 unspecified atom stereocenters. The molecule has 0 radical (unpaired) electrons. The maximum Gasteiger partial charge on any atom is 0.171 e. The number of rotatable bonds is 3. The third-order valence-corrected chi connectivity index (χ3v) is 10.7. The second-order valence-electron chi connectivity index (χ2n) is 8.42. The molecule has 1 aliphatic rings. The van der Waals surface area contributed by atoms with E-state index in [2.05, 4.69) is 44.0 Å². The summed E-state index contributed by atoms with van der Waals surface area (Å²) in [6.07, 6.45) is 0. The van der Waals surface area contributed by atoms with Crippen LogP contribution in [0.5, 0.6) is 0 Å². The van der Waals surface area contributed by atoms with Crippen LogP contribution in [0.4, 0.5) is 0 Å². The molecule has 0 atom stereocenters.